The number of hydrogen-bond donors (Lipinski definition) is 0. The van der Waals surface area contributed by atoms with Crippen LogP contribution in [0.4, 0.5) is 4.79 Å². The molecule has 0 spiro atoms. The summed E-state index contributed by atoms with van der Waals surface area (Å²) < 4.78 is 11.0. The van der Waals surface area contributed by atoms with Gasteiger partial charge in [-0.05, 0) is 24.5 Å². The van der Waals surface area contributed by atoms with Crippen LogP contribution < -0.4 is 0 Å². The monoisotopic (exact) mass is 297 g/mol. The lowest BCUT2D eigenvalue weighted by Crippen LogP contribution is -2.57. The largest absolute Gasteiger partial charge is 0.445 e. The topological polar surface area (TPSA) is 38.8 Å². The third-order valence-corrected chi connectivity index (χ3v) is 4.11. The van der Waals surface area contributed by atoms with Gasteiger partial charge in [0.25, 0.3) is 0 Å². The lowest BCUT2D eigenvalue weighted by Gasteiger charge is -2.45. The summed E-state index contributed by atoms with van der Waals surface area (Å²) >= 11 is 0. The zero-order chi connectivity index (χ0) is 15.4. The molecule has 1 aromatic rings. The normalized spacial score (nSPS) is 23.6. The Morgan fingerprint density at radius 1 is 1.32 bits per heavy atom. The van der Waals surface area contributed by atoms with Crippen LogP contribution in [0.1, 0.15) is 18.4 Å². The maximum atomic E-state index is 12.4. The quantitative estimate of drug-likeness (QED) is 0.788. The van der Waals surface area contributed by atoms with Gasteiger partial charge in [0, 0.05) is 0 Å². The Morgan fingerprint density at radius 3 is 2.64 bits per heavy atom. The van der Waals surface area contributed by atoms with E-state index in [2.05, 4.69) is 5.92 Å². The Morgan fingerprint density at radius 2 is 2.00 bits per heavy atom. The summed E-state index contributed by atoms with van der Waals surface area (Å²) in [6, 6.07) is 9.75. The maximum absolute atomic E-state index is 12.4. The number of amides is 1. The molecule has 2 atom stereocenters. The number of benzene rings is 1. The van der Waals surface area contributed by atoms with Gasteiger partial charge >= 0.3 is 6.09 Å². The molecule has 2 bridgehead atoms. The summed E-state index contributed by atoms with van der Waals surface area (Å²) in [6.07, 6.45) is 8.44. The fourth-order valence-corrected chi connectivity index (χ4v) is 3.13. The molecule has 2 aliphatic rings. The number of fused-ring (bicyclic) bond motifs is 2. The van der Waals surface area contributed by atoms with Gasteiger partial charge < -0.3 is 9.47 Å². The van der Waals surface area contributed by atoms with Crippen molar-refractivity contribution >= 4 is 6.09 Å². The Bertz CT molecular complexity index is 587. The van der Waals surface area contributed by atoms with Crippen LogP contribution in [0.15, 0.2) is 42.0 Å². The van der Waals surface area contributed by atoms with Crippen molar-refractivity contribution in [1.82, 2.24) is 4.90 Å². The van der Waals surface area contributed by atoms with Gasteiger partial charge in [0.1, 0.15) is 6.61 Å². The number of hydrogen-bond acceptors (Lipinski definition) is 3. The molecule has 0 aliphatic carbocycles. The summed E-state index contributed by atoms with van der Waals surface area (Å²) in [4.78, 5) is 14.3. The van der Waals surface area contributed by atoms with Crippen LogP contribution in [0.25, 0.3) is 0 Å². The lowest BCUT2D eigenvalue weighted by atomic mass is 9.90. The number of nitrogens with zero attached hydrogens (tertiary/aromatic N) is 1. The molecule has 3 rings (SSSR count). The van der Waals surface area contributed by atoms with E-state index >= 15 is 0 Å². The van der Waals surface area contributed by atoms with E-state index in [4.69, 9.17) is 15.9 Å². The van der Waals surface area contributed by atoms with Gasteiger partial charge in [0.15, 0.2) is 0 Å². The molecule has 2 aliphatic heterocycles. The predicted octanol–water partition coefficient (Wildman–Crippen LogP) is 2.75. The van der Waals surface area contributed by atoms with E-state index in [1.54, 1.807) is 0 Å². The third kappa shape index (κ3) is 3.15. The number of terminal acetylenes is 1. The standard InChI is InChI=1S/C18H19NO3/c1-2-6-15-9-16-12-21-13-17(10-15)19(16)18(20)22-11-14-7-4-3-5-8-14/h1,3-8,16-17H,9-13H2. The lowest BCUT2D eigenvalue weighted by molar-refractivity contribution is -0.0558. The second-order valence-electron chi connectivity index (χ2n) is 5.67. The average Bonchev–Trinajstić information content (AvgIpc) is 2.53. The highest BCUT2D eigenvalue weighted by atomic mass is 16.6. The fourth-order valence-electron chi connectivity index (χ4n) is 3.13. The van der Waals surface area contributed by atoms with Gasteiger partial charge in [-0.25, -0.2) is 4.79 Å². The highest BCUT2D eigenvalue weighted by Gasteiger charge is 2.40. The van der Waals surface area contributed by atoms with Gasteiger partial charge in [0.2, 0.25) is 0 Å². The number of morpholine rings is 1. The van der Waals surface area contributed by atoms with Crippen LogP contribution in [0.5, 0.6) is 0 Å². The Balaban J connectivity index is 1.65. The summed E-state index contributed by atoms with van der Waals surface area (Å²) in [5, 5.41) is 0. The number of carbonyl (C=O) groups is 1. The van der Waals surface area contributed by atoms with Crippen molar-refractivity contribution in [3.05, 3.63) is 47.5 Å². The summed E-state index contributed by atoms with van der Waals surface area (Å²) in [7, 11) is 0. The van der Waals surface area contributed by atoms with E-state index in [1.165, 1.54) is 5.57 Å². The smallest absolute Gasteiger partial charge is 0.410 e. The van der Waals surface area contributed by atoms with Crippen LogP contribution in [-0.4, -0.2) is 36.3 Å². The van der Waals surface area contributed by atoms with E-state index < -0.39 is 0 Å². The molecule has 0 N–H and O–H groups in total. The number of piperidine rings is 1. The number of allylic oxidation sites excluding steroid dienone is 1. The van der Waals surface area contributed by atoms with Crippen molar-refractivity contribution in [3.8, 4) is 12.3 Å². The van der Waals surface area contributed by atoms with Gasteiger partial charge in [-0.1, -0.05) is 41.8 Å². The third-order valence-electron chi connectivity index (χ3n) is 4.11. The van der Waals surface area contributed by atoms with Crippen molar-refractivity contribution in [1.29, 1.82) is 0 Å². The highest BCUT2D eigenvalue weighted by Crippen LogP contribution is 2.31. The molecule has 114 valence electrons. The Hall–Kier alpha value is -2.25. The minimum atomic E-state index is -0.262. The first kappa shape index (κ1) is 14.7. The molecule has 22 heavy (non-hydrogen) atoms. The Kier molecular flexibility index (Phi) is 4.45. The summed E-state index contributed by atoms with van der Waals surface area (Å²) in [6.45, 7) is 1.38. The van der Waals surface area contributed by atoms with E-state index in [1.807, 2.05) is 41.3 Å². The molecule has 2 fully saturated rings. The number of carbonyl (C=O) groups excluding carboxylic acids is 1. The molecule has 2 unspecified atom stereocenters. The van der Waals surface area contributed by atoms with E-state index in [0.29, 0.717) is 19.8 Å². The summed E-state index contributed by atoms with van der Waals surface area (Å²) in [5.74, 6) is 2.58. The molecular weight excluding hydrogens is 278 g/mol. The Labute approximate surface area is 130 Å². The average molecular weight is 297 g/mol. The van der Waals surface area contributed by atoms with E-state index in [9.17, 15) is 4.79 Å². The molecule has 4 nitrogen and oxygen atoms in total. The first-order valence-corrected chi connectivity index (χ1v) is 7.48. The van der Waals surface area contributed by atoms with Crippen molar-refractivity contribution in [3.63, 3.8) is 0 Å². The molecule has 1 aromatic carbocycles. The van der Waals surface area contributed by atoms with Gasteiger partial charge in [-0.3, -0.25) is 4.90 Å². The van der Waals surface area contributed by atoms with Crippen molar-refractivity contribution in [2.75, 3.05) is 13.2 Å². The second-order valence-corrected chi connectivity index (χ2v) is 5.67. The highest BCUT2D eigenvalue weighted by molar-refractivity contribution is 5.69. The number of ether oxygens (including phenoxy) is 2. The van der Waals surface area contributed by atoms with Crippen molar-refractivity contribution in [2.24, 2.45) is 0 Å². The zero-order valence-electron chi connectivity index (χ0n) is 12.4. The van der Waals surface area contributed by atoms with Gasteiger partial charge in [0.05, 0.1) is 25.3 Å². The van der Waals surface area contributed by atoms with Gasteiger partial charge in [-0.2, -0.15) is 0 Å². The molecule has 2 heterocycles. The van der Waals surface area contributed by atoms with Crippen LogP contribution in [-0.2, 0) is 16.1 Å². The van der Waals surface area contributed by atoms with Crippen LogP contribution in [0.3, 0.4) is 0 Å². The van der Waals surface area contributed by atoms with Crippen LogP contribution in [0, 0.1) is 12.3 Å². The van der Waals surface area contributed by atoms with Crippen LogP contribution in [0.2, 0.25) is 0 Å². The molecule has 4 heteroatoms. The SMILES string of the molecule is C#CC=C1CC2COCC(C1)N2C(=O)OCc1ccccc1. The molecule has 0 aromatic heterocycles. The zero-order valence-corrected chi connectivity index (χ0v) is 12.4. The minimum Gasteiger partial charge on any atom is -0.445 e. The molecular formula is C18H19NO3. The van der Waals surface area contributed by atoms with Crippen molar-refractivity contribution in [2.45, 2.75) is 31.5 Å². The van der Waals surface area contributed by atoms with Crippen LogP contribution >= 0.6 is 0 Å². The van der Waals surface area contributed by atoms with Gasteiger partial charge in [-0.15, -0.1) is 6.42 Å². The summed E-state index contributed by atoms with van der Waals surface area (Å²) in [5.41, 5.74) is 2.20. The molecule has 2 saturated heterocycles. The van der Waals surface area contributed by atoms with Crippen molar-refractivity contribution < 1.29 is 14.3 Å². The van der Waals surface area contributed by atoms with E-state index in [-0.39, 0.29) is 18.2 Å². The first-order chi connectivity index (χ1) is 10.8. The van der Waals surface area contributed by atoms with E-state index in [0.717, 1.165) is 18.4 Å². The number of rotatable bonds is 2. The first-order valence-electron chi connectivity index (χ1n) is 7.48. The molecule has 0 radical (unpaired) electrons. The minimum absolute atomic E-state index is 0.0235. The fraction of sp³-hybridized carbons (Fsp3) is 0.389. The maximum Gasteiger partial charge on any atom is 0.410 e. The predicted molar refractivity (Wildman–Crippen MR) is 83.0 cm³/mol. The molecule has 1 amide bonds. The molecule has 0 saturated carbocycles. The second kappa shape index (κ2) is 6.67.